The number of nitrogens with zero attached hydrogens (tertiary/aromatic N) is 1. The lowest BCUT2D eigenvalue weighted by atomic mass is 10.0. The molecule has 0 aliphatic rings. The number of hydrogen-bond donors (Lipinski definition) is 2. The van der Waals surface area contributed by atoms with Crippen molar-refractivity contribution in [3.63, 3.8) is 0 Å². The first-order chi connectivity index (χ1) is 26.0. The van der Waals surface area contributed by atoms with Crippen molar-refractivity contribution in [2.24, 2.45) is 0 Å². The monoisotopic (exact) mass is 789 g/mol. The number of carbonyl (C=O) groups excluding carboxylic acids is 1. The van der Waals surface area contributed by atoms with Gasteiger partial charge in [-0.05, 0) is 12.8 Å². The standard InChI is InChI=1S/C45H93N2O6P/c1-6-8-10-12-14-16-18-20-21-22-23-24-25-26-27-29-31-33-35-37-39-45(49)46-43(42-53-54(50,51)52-41-40-47(3,4)5)44(48)38-36-34-32-30-28-19-17-15-13-11-9-7-2/h43-44,48H,6-42H2,1-5H3,(H-,46,49,50,51)/t43-,44+/m0/s1. The summed E-state index contributed by atoms with van der Waals surface area (Å²) in [7, 11) is 1.32. The maximum atomic E-state index is 12.9. The number of rotatable bonds is 43. The highest BCUT2D eigenvalue weighted by molar-refractivity contribution is 7.45. The Labute approximate surface area is 336 Å². The van der Waals surface area contributed by atoms with Crippen LogP contribution >= 0.6 is 7.82 Å². The Bertz CT molecular complexity index is 855. The van der Waals surface area contributed by atoms with E-state index < -0.39 is 20.0 Å². The molecule has 1 unspecified atom stereocenters. The first-order valence-corrected chi connectivity index (χ1v) is 24.8. The summed E-state index contributed by atoms with van der Waals surface area (Å²) < 4.78 is 23.3. The molecular weight excluding hydrogens is 695 g/mol. The molecule has 0 radical (unpaired) electrons. The van der Waals surface area contributed by atoms with Gasteiger partial charge in [0, 0.05) is 6.42 Å². The summed E-state index contributed by atoms with van der Waals surface area (Å²) >= 11 is 0. The average Bonchev–Trinajstić information content (AvgIpc) is 3.12. The van der Waals surface area contributed by atoms with Gasteiger partial charge in [-0.2, -0.15) is 0 Å². The molecule has 0 aromatic carbocycles. The minimum Gasteiger partial charge on any atom is -0.756 e. The lowest BCUT2D eigenvalue weighted by Gasteiger charge is -2.30. The summed E-state index contributed by atoms with van der Waals surface area (Å²) in [6, 6.07) is -0.792. The van der Waals surface area contributed by atoms with Crippen molar-refractivity contribution in [2.45, 2.75) is 244 Å². The molecule has 3 atom stereocenters. The van der Waals surface area contributed by atoms with E-state index >= 15 is 0 Å². The zero-order valence-electron chi connectivity index (χ0n) is 36.7. The molecule has 0 spiro atoms. The second-order valence-corrected chi connectivity index (χ2v) is 18.9. The molecule has 1 amide bonds. The van der Waals surface area contributed by atoms with Gasteiger partial charge in [-0.25, -0.2) is 0 Å². The zero-order chi connectivity index (χ0) is 40.0. The minimum atomic E-state index is -4.56. The number of aliphatic hydroxyl groups is 1. The first kappa shape index (κ1) is 53.5. The molecule has 0 heterocycles. The van der Waals surface area contributed by atoms with Crippen molar-refractivity contribution >= 4 is 13.7 Å². The fourth-order valence-electron chi connectivity index (χ4n) is 7.10. The van der Waals surface area contributed by atoms with Crippen molar-refractivity contribution in [1.29, 1.82) is 0 Å². The highest BCUT2D eigenvalue weighted by atomic mass is 31.2. The fraction of sp³-hybridized carbons (Fsp3) is 0.978. The number of quaternary nitrogens is 1. The van der Waals surface area contributed by atoms with Crippen LogP contribution in [0.5, 0.6) is 0 Å². The molecule has 324 valence electrons. The second kappa shape index (κ2) is 38.0. The number of nitrogens with one attached hydrogen (secondary N) is 1. The topological polar surface area (TPSA) is 108 Å². The van der Waals surface area contributed by atoms with Gasteiger partial charge in [0.05, 0.1) is 39.9 Å². The largest absolute Gasteiger partial charge is 0.756 e. The molecule has 9 heteroatoms. The molecule has 0 aromatic heterocycles. The van der Waals surface area contributed by atoms with Crippen molar-refractivity contribution in [1.82, 2.24) is 5.32 Å². The number of aliphatic hydroxyl groups excluding tert-OH is 1. The molecular formula is C45H93N2O6P. The van der Waals surface area contributed by atoms with E-state index in [-0.39, 0.29) is 19.1 Å². The molecule has 2 N–H and O–H groups in total. The number of amides is 1. The van der Waals surface area contributed by atoms with Crippen LogP contribution in [0.2, 0.25) is 0 Å². The zero-order valence-corrected chi connectivity index (χ0v) is 37.6. The van der Waals surface area contributed by atoms with E-state index in [1.54, 1.807) is 0 Å². The van der Waals surface area contributed by atoms with Gasteiger partial charge >= 0.3 is 0 Å². The summed E-state index contributed by atoms with van der Waals surface area (Å²) in [6.07, 6.45) is 41.0. The molecule has 0 aliphatic heterocycles. The summed E-state index contributed by atoms with van der Waals surface area (Å²) in [5, 5.41) is 13.9. The quantitative estimate of drug-likeness (QED) is 0.0362. The Morgan fingerprint density at radius 3 is 1.26 bits per heavy atom. The first-order valence-electron chi connectivity index (χ1n) is 23.4. The van der Waals surface area contributed by atoms with E-state index in [1.165, 1.54) is 167 Å². The third-order valence-corrected chi connectivity index (χ3v) is 11.8. The van der Waals surface area contributed by atoms with Crippen LogP contribution < -0.4 is 10.2 Å². The molecule has 0 aromatic rings. The van der Waals surface area contributed by atoms with Gasteiger partial charge in [0.1, 0.15) is 13.2 Å². The van der Waals surface area contributed by atoms with E-state index in [0.29, 0.717) is 23.9 Å². The number of hydrogen-bond acceptors (Lipinski definition) is 6. The van der Waals surface area contributed by atoms with Crippen LogP contribution in [-0.4, -0.2) is 68.5 Å². The van der Waals surface area contributed by atoms with Crippen LogP contribution in [0.4, 0.5) is 0 Å². The highest BCUT2D eigenvalue weighted by Gasteiger charge is 2.24. The van der Waals surface area contributed by atoms with E-state index in [4.69, 9.17) is 9.05 Å². The number of carbonyl (C=O) groups is 1. The number of unbranched alkanes of at least 4 members (excludes halogenated alkanes) is 30. The number of phosphoric ester groups is 1. The normalized spacial score (nSPS) is 14.3. The fourth-order valence-corrected chi connectivity index (χ4v) is 7.82. The molecule has 0 saturated carbocycles. The van der Waals surface area contributed by atoms with Crippen LogP contribution in [-0.2, 0) is 18.4 Å². The number of phosphoric acid groups is 1. The van der Waals surface area contributed by atoms with Crippen LogP contribution in [0.1, 0.15) is 232 Å². The molecule has 0 rings (SSSR count). The Morgan fingerprint density at radius 1 is 0.574 bits per heavy atom. The Hall–Kier alpha value is -0.500. The molecule has 0 bridgehead atoms. The Balaban J connectivity index is 4.23. The van der Waals surface area contributed by atoms with Gasteiger partial charge in [-0.1, -0.05) is 213 Å². The minimum absolute atomic E-state index is 0.0160. The highest BCUT2D eigenvalue weighted by Crippen LogP contribution is 2.38. The van der Waals surface area contributed by atoms with Crippen molar-refractivity contribution < 1.29 is 32.9 Å². The molecule has 0 saturated heterocycles. The Morgan fingerprint density at radius 2 is 0.907 bits per heavy atom. The van der Waals surface area contributed by atoms with Gasteiger partial charge in [-0.3, -0.25) is 9.36 Å². The number of likely N-dealkylation sites (N-methyl/N-ethyl adjacent to an activating group) is 1. The smallest absolute Gasteiger partial charge is 0.268 e. The van der Waals surface area contributed by atoms with Crippen LogP contribution in [0, 0.1) is 0 Å². The van der Waals surface area contributed by atoms with Gasteiger partial charge < -0.3 is 28.8 Å². The summed E-state index contributed by atoms with van der Waals surface area (Å²) in [5.74, 6) is -0.161. The van der Waals surface area contributed by atoms with E-state index in [9.17, 15) is 19.4 Å². The maximum absolute atomic E-state index is 12.9. The lowest BCUT2D eigenvalue weighted by Crippen LogP contribution is -2.46. The second-order valence-electron chi connectivity index (χ2n) is 17.5. The van der Waals surface area contributed by atoms with E-state index in [0.717, 1.165) is 38.5 Å². The summed E-state index contributed by atoms with van der Waals surface area (Å²) in [6.45, 7) is 4.74. The molecule has 0 fully saturated rings. The van der Waals surface area contributed by atoms with Gasteiger partial charge in [-0.15, -0.1) is 0 Å². The van der Waals surface area contributed by atoms with Crippen LogP contribution in [0.15, 0.2) is 0 Å². The van der Waals surface area contributed by atoms with Crippen LogP contribution in [0.25, 0.3) is 0 Å². The van der Waals surface area contributed by atoms with Gasteiger partial charge in [0.15, 0.2) is 0 Å². The summed E-state index contributed by atoms with van der Waals surface area (Å²) in [4.78, 5) is 25.3. The van der Waals surface area contributed by atoms with E-state index in [1.807, 2.05) is 21.1 Å². The predicted octanol–water partition coefficient (Wildman–Crippen LogP) is 12.3. The van der Waals surface area contributed by atoms with Crippen molar-refractivity contribution in [3.8, 4) is 0 Å². The SMILES string of the molecule is CCCCCCCCCCCCCCCCCCCCCCC(=O)N[C@@H](COP(=O)([O-])OCC[N+](C)(C)C)[C@H](O)CCCCCCCCCCCCCC. The average molecular weight is 789 g/mol. The Kier molecular flexibility index (Phi) is 37.7. The van der Waals surface area contributed by atoms with Crippen molar-refractivity contribution in [2.75, 3.05) is 40.9 Å². The molecule has 8 nitrogen and oxygen atoms in total. The predicted molar refractivity (Wildman–Crippen MR) is 229 cm³/mol. The molecule has 54 heavy (non-hydrogen) atoms. The van der Waals surface area contributed by atoms with Gasteiger partial charge in [0.2, 0.25) is 5.91 Å². The van der Waals surface area contributed by atoms with Crippen molar-refractivity contribution in [3.05, 3.63) is 0 Å². The lowest BCUT2D eigenvalue weighted by molar-refractivity contribution is -0.870. The van der Waals surface area contributed by atoms with Crippen LogP contribution in [0.3, 0.4) is 0 Å². The van der Waals surface area contributed by atoms with E-state index in [2.05, 4.69) is 19.2 Å². The third kappa shape index (κ3) is 39.7. The maximum Gasteiger partial charge on any atom is 0.268 e. The summed E-state index contributed by atoms with van der Waals surface area (Å²) in [5.41, 5.74) is 0. The van der Waals surface area contributed by atoms with Gasteiger partial charge in [0.25, 0.3) is 7.82 Å². The third-order valence-electron chi connectivity index (χ3n) is 10.8. The molecule has 0 aliphatic carbocycles.